The molecule has 2 atom stereocenters. The standard InChI is InChI=1S/C22H27N10O7P/c1-13(5-31-9-27-17-19(29-15(3)33)23-7-25-21(17)31)36-11-38-40(35)39-12-37-14(2)6-32-10-28-18-20(30-16(4)34)24-8-26-22(18)32/h7-10,13-14H,5-6,11-12H2,1-4H3,(H-,23,24,25,26,29,30,33,34)/p+1/t13-,14-/m1/s1. The zero-order valence-corrected chi connectivity index (χ0v) is 23.1. The molecule has 0 saturated carbocycles. The number of fused-ring (bicyclic) bond motifs is 2. The summed E-state index contributed by atoms with van der Waals surface area (Å²) in [6, 6.07) is 0. The van der Waals surface area contributed by atoms with Crippen LogP contribution in [0.15, 0.2) is 25.3 Å². The summed E-state index contributed by atoms with van der Waals surface area (Å²) in [5.41, 5.74) is 1.97. The minimum Gasteiger partial charge on any atom is -0.346 e. The second kappa shape index (κ2) is 13.4. The number of hydrogen-bond acceptors (Lipinski definition) is 13. The van der Waals surface area contributed by atoms with Crippen LogP contribution in [0.3, 0.4) is 0 Å². The summed E-state index contributed by atoms with van der Waals surface area (Å²) in [6.07, 6.45) is 5.10. The Morgan fingerprint density at radius 2 is 1.20 bits per heavy atom. The molecule has 0 radical (unpaired) electrons. The van der Waals surface area contributed by atoms with Gasteiger partial charge in [-0.05, 0) is 13.8 Å². The molecule has 18 heteroatoms. The van der Waals surface area contributed by atoms with Gasteiger partial charge in [0.1, 0.15) is 12.7 Å². The van der Waals surface area contributed by atoms with Gasteiger partial charge in [-0.15, -0.1) is 0 Å². The number of amides is 2. The summed E-state index contributed by atoms with van der Waals surface area (Å²) < 4.78 is 36.9. The van der Waals surface area contributed by atoms with Gasteiger partial charge in [0.25, 0.3) is 0 Å². The zero-order valence-electron chi connectivity index (χ0n) is 22.2. The third kappa shape index (κ3) is 7.55. The lowest BCUT2D eigenvalue weighted by Gasteiger charge is -2.12. The molecule has 0 aromatic carbocycles. The smallest absolute Gasteiger partial charge is 0.346 e. The van der Waals surface area contributed by atoms with E-state index in [1.165, 1.54) is 26.5 Å². The van der Waals surface area contributed by atoms with Crippen LogP contribution in [-0.4, -0.2) is 76.6 Å². The Bertz CT molecular complexity index is 1400. The topological polar surface area (TPSA) is 199 Å². The molecule has 2 N–H and O–H groups in total. The van der Waals surface area contributed by atoms with Gasteiger partial charge < -0.3 is 29.2 Å². The fourth-order valence-electron chi connectivity index (χ4n) is 3.62. The largest absolute Gasteiger partial charge is 0.702 e. The van der Waals surface area contributed by atoms with E-state index in [0.717, 1.165) is 0 Å². The number of aromatic nitrogens is 8. The van der Waals surface area contributed by atoms with Crippen molar-refractivity contribution in [1.29, 1.82) is 0 Å². The van der Waals surface area contributed by atoms with Crippen molar-refractivity contribution in [2.75, 3.05) is 24.2 Å². The maximum atomic E-state index is 12.1. The third-order valence-corrected chi connectivity index (χ3v) is 5.95. The molecule has 2 amide bonds. The van der Waals surface area contributed by atoms with E-state index in [2.05, 4.69) is 40.5 Å². The Morgan fingerprint density at radius 1 is 0.775 bits per heavy atom. The molecule has 0 fully saturated rings. The van der Waals surface area contributed by atoms with Crippen molar-refractivity contribution in [1.82, 2.24) is 39.0 Å². The van der Waals surface area contributed by atoms with Crippen molar-refractivity contribution in [3.05, 3.63) is 25.3 Å². The lowest BCUT2D eigenvalue weighted by atomic mass is 10.4. The van der Waals surface area contributed by atoms with Crippen LogP contribution in [0.4, 0.5) is 11.6 Å². The number of carbonyl (C=O) groups is 2. The molecule has 0 saturated heterocycles. The van der Waals surface area contributed by atoms with Crippen molar-refractivity contribution in [2.45, 2.75) is 53.0 Å². The fourth-order valence-corrected chi connectivity index (χ4v) is 3.99. The number of ether oxygens (including phenoxy) is 2. The number of imidazole rings is 2. The normalized spacial score (nSPS) is 12.9. The predicted molar refractivity (Wildman–Crippen MR) is 140 cm³/mol. The molecule has 0 aliphatic carbocycles. The monoisotopic (exact) mass is 575 g/mol. The van der Waals surface area contributed by atoms with Crippen molar-refractivity contribution in [3.8, 4) is 0 Å². The molecule has 4 aromatic heterocycles. The Hall–Kier alpha value is -4.02. The average Bonchev–Trinajstić information content (AvgIpc) is 3.49. The molecule has 4 aromatic rings. The van der Waals surface area contributed by atoms with Crippen molar-refractivity contribution < 1.29 is 32.7 Å². The first-order chi connectivity index (χ1) is 19.2. The van der Waals surface area contributed by atoms with E-state index < -0.39 is 8.25 Å². The summed E-state index contributed by atoms with van der Waals surface area (Å²) in [5.74, 6) is 0.115. The first-order valence-corrected chi connectivity index (χ1v) is 13.1. The molecule has 0 bridgehead atoms. The van der Waals surface area contributed by atoms with E-state index in [9.17, 15) is 14.2 Å². The van der Waals surface area contributed by atoms with Gasteiger partial charge in [-0.2, -0.15) is 0 Å². The molecule has 212 valence electrons. The fraction of sp³-hybridized carbons (Fsp3) is 0.455. The van der Waals surface area contributed by atoms with Crippen LogP contribution in [0.25, 0.3) is 22.3 Å². The van der Waals surface area contributed by atoms with Crippen LogP contribution in [0.1, 0.15) is 27.7 Å². The zero-order chi connectivity index (χ0) is 28.6. The average molecular weight is 576 g/mol. The molecule has 0 aliphatic rings. The Labute approximate surface area is 228 Å². The number of nitrogens with zero attached hydrogens (tertiary/aromatic N) is 8. The van der Waals surface area contributed by atoms with E-state index in [1.54, 1.807) is 35.6 Å². The van der Waals surface area contributed by atoms with E-state index in [4.69, 9.17) is 18.5 Å². The maximum Gasteiger partial charge on any atom is 0.702 e. The highest BCUT2D eigenvalue weighted by Crippen LogP contribution is 2.24. The third-order valence-electron chi connectivity index (χ3n) is 5.32. The van der Waals surface area contributed by atoms with Gasteiger partial charge in [0, 0.05) is 18.4 Å². The van der Waals surface area contributed by atoms with Crippen molar-refractivity contribution >= 4 is 54.0 Å². The predicted octanol–water partition coefficient (Wildman–Crippen LogP) is 2.00. The second-order valence-corrected chi connectivity index (χ2v) is 9.58. The molecule has 0 spiro atoms. The minimum absolute atomic E-state index is 0.264. The van der Waals surface area contributed by atoms with Crippen molar-refractivity contribution in [3.63, 3.8) is 0 Å². The van der Waals surface area contributed by atoms with Gasteiger partial charge in [-0.3, -0.25) is 9.59 Å². The molecular formula is C22H28N10O7P+. The quantitative estimate of drug-likeness (QED) is 0.164. The molecule has 17 nitrogen and oxygen atoms in total. The number of rotatable bonds is 14. The first-order valence-electron chi connectivity index (χ1n) is 12.0. The molecule has 40 heavy (non-hydrogen) atoms. The number of carbonyl (C=O) groups excluding carboxylic acids is 2. The van der Waals surface area contributed by atoms with Crippen LogP contribution < -0.4 is 10.6 Å². The van der Waals surface area contributed by atoms with Gasteiger partial charge in [0.2, 0.25) is 25.4 Å². The van der Waals surface area contributed by atoms with Gasteiger partial charge >= 0.3 is 8.25 Å². The molecule has 4 rings (SSSR count). The lowest BCUT2D eigenvalue weighted by Crippen LogP contribution is -2.18. The number of nitrogens with one attached hydrogen (secondary N) is 2. The van der Waals surface area contributed by atoms with E-state index >= 15 is 0 Å². The van der Waals surface area contributed by atoms with Crippen LogP contribution in [-0.2, 0) is 45.8 Å². The van der Waals surface area contributed by atoms with E-state index in [0.29, 0.717) is 47.1 Å². The molecule has 0 aliphatic heterocycles. The summed E-state index contributed by atoms with van der Waals surface area (Å²) in [7, 11) is -2.48. The van der Waals surface area contributed by atoms with E-state index in [-0.39, 0.29) is 37.6 Å². The lowest BCUT2D eigenvalue weighted by molar-refractivity contribution is -0.115. The SMILES string of the molecule is CC(=O)Nc1ncnc2c1ncn2C[C@@H](C)OCO[P+](=O)OCO[C@H](C)Cn1cnc2c(NC(C)=O)ncnc21. The van der Waals surface area contributed by atoms with Crippen molar-refractivity contribution in [2.24, 2.45) is 0 Å². The van der Waals surface area contributed by atoms with E-state index in [1.807, 2.05) is 0 Å². The highest BCUT2D eigenvalue weighted by atomic mass is 31.1. The first kappa shape index (κ1) is 29.0. The van der Waals surface area contributed by atoms with Crippen LogP contribution >= 0.6 is 8.25 Å². The van der Waals surface area contributed by atoms with Gasteiger partial charge in [0.15, 0.2) is 34.0 Å². The van der Waals surface area contributed by atoms with Gasteiger partial charge in [0.05, 0.1) is 38.0 Å². The minimum atomic E-state index is -2.48. The Kier molecular flexibility index (Phi) is 9.68. The van der Waals surface area contributed by atoms with Gasteiger partial charge in [-0.25, -0.2) is 29.9 Å². The maximum absolute atomic E-state index is 12.1. The highest BCUT2D eigenvalue weighted by molar-refractivity contribution is 7.33. The summed E-state index contributed by atoms with van der Waals surface area (Å²) in [6.45, 7) is 6.55. The highest BCUT2D eigenvalue weighted by Gasteiger charge is 2.23. The molecule has 4 heterocycles. The summed E-state index contributed by atoms with van der Waals surface area (Å²) in [5, 5.41) is 5.23. The van der Waals surface area contributed by atoms with Crippen LogP contribution in [0.5, 0.6) is 0 Å². The Morgan fingerprint density at radius 3 is 1.60 bits per heavy atom. The number of anilines is 2. The number of hydrogen-bond donors (Lipinski definition) is 2. The molecule has 0 unspecified atom stereocenters. The summed E-state index contributed by atoms with van der Waals surface area (Å²) >= 11 is 0. The van der Waals surface area contributed by atoms with Crippen LogP contribution in [0, 0.1) is 0 Å². The van der Waals surface area contributed by atoms with Crippen LogP contribution in [0.2, 0.25) is 0 Å². The molecular weight excluding hydrogens is 547 g/mol. The van der Waals surface area contributed by atoms with Gasteiger partial charge in [-0.1, -0.05) is 9.05 Å². The summed E-state index contributed by atoms with van der Waals surface area (Å²) in [4.78, 5) is 47.7. The second-order valence-electron chi connectivity index (χ2n) is 8.62. The Balaban J connectivity index is 1.17.